The van der Waals surface area contributed by atoms with E-state index in [0.29, 0.717) is 23.6 Å². The Morgan fingerprint density at radius 1 is 1.26 bits per heavy atom. The van der Waals surface area contributed by atoms with E-state index in [0.717, 1.165) is 17.5 Å². The molecule has 0 aliphatic rings. The molecule has 2 aromatic carbocycles. The summed E-state index contributed by atoms with van der Waals surface area (Å²) in [5.74, 6) is 0.557. The van der Waals surface area contributed by atoms with Crippen LogP contribution in [0.25, 0.3) is 6.08 Å². The van der Waals surface area contributed by atoms with Gasteiger partial charge in [0.25, 0.3) is 0 Å². The summed E-state index contributed by atoms with van der Waals surface area (Å²) < 4.78 is 5.76. The Kier molecular flexibility index (Phi) is 6.45. The molecule has 0 spiro atoms. The number of ketones is 1. The number of phenols is 1. The lowest BCUT2D eigenvalue weighted by Gasteiger charge is -2.23. The predicted molar refractivity (Wildman–Crippen MR) is 111 cm³/mol. The van der Waals surface area contributed by atoms with Crippen LogP contribution in [0.2, 0.25) is 0 Å². The number of rotatable bonds is 8. The fraction of sp³-hybridized carbons (Fsp3) is 0.261. The number of carbonyl (C=O) groups is 1. The van der Waals surface area contributed by atoms with Gasteiger partial charge < -0.3 is 15.6 Å². The van der Waals surface area contributed by atoms with Crippen LogP contribution < -0.4 is 10.5 Å². The van der Waals surface area contributed by atoms with E-state index in [-0.39, 0.29) is 11.5 Å². The van der Waals surface area contributed by atoms with Crippen LogP contribution in [0.15, 0.2) is 55.1 Å². The van der Waals surface area contributed by atoms with Gasteiger partial charge in [0.2, 0.25) is 0 Å². The highest BCUT2D eigenvalue weighted by Crippen LogP contribution is 2.37. The summed E-state index contributed by atoms with van der Waals surface area (Å²) >= 11 is 0. The molecule has 0 heterocycles. The van der Waals surface area contributed by atoms with Crippen molar-refractivity contribution in [1.82, 2.24) is 0 Å². The molecule has 0 unspecified atom stereocenters. The Bertz CT molecular complexity index is 849. The van der Waals surface area contributed by atoms with Crippen molar-refractivity contribution < 1.29 is 14.6 Å². The van der Waals surface area contributed by atoms with Crippen molar-refractivity contribution in [1.29, 1.82) is 0 Å². The molecular weight excluding hydrogens is 338 g/mol. The van der Waals surface area contributed by atoms with E-state index in [1.165, 1.54) is 6.08 Å². The summed E-state index contributed by atoms with van der Waals surface area (Å²) in [6.45, 7) is 10.3. The number of ether oxygens (including phenoxy) is 1. The Labute approximate surface area is 161 Å². The van der Waals surface area contributed by atoms with Crippen molar-refractivity contribution in [2.45, 2.75) is 32.6 Å². The molecule has 3 N–H and O–H groups in total. The Hall–Kier alpha value is -3.01. The van der Waals surface area contributed by atoms with Crippen molar-refractivity contribution >= 4 is 17.5 Å². The third-order valence-electron chi connectivity index (χ3n) is 4.40. The molecule has 4 nitrogen and oxygen atoms in total. The van der Waals surface area contributed by atoms with Crippen molar-refractivity contribution in [3.63, 3.8) is 0 Å². The number of aromatic hydroxyl groups is 1. The summed E-state index contributed by atoms with van der Waals surface area (Å²) in [6, 6.07) is 10.2. The number of anilines is 1. The number of nitrogen functional groups attached to an aromatic ring is 1. The van der Waals surface area contributed by atoms with E-state index >= 15 is 0 Å². The molecule has 0 aliphatic heterocycles. The van der Waals surface area contributed by atoms with Gasteiger partial charge in [0.05, 0.1) is 6.61 Å². The third kappa shape index (κ3) is 5.00. The highest BCUT2D eigenvalue weighted by atomic mass is 16.5. The number of nitrogens with two attached hydrogens (primary N) is 1. The normalized spacial score (nSPS) is 11.5. The second-order valence-electron chi connectivity index (χ2n) is 7.00. The smallest absolute Gasteiger partial charge is 0.185 e. The lowest BCUT2D eigenvalue weighted by atomic mass is 9.83. The minimum Gasteiger partial charge on any atom is -0.507 e. The number of phenolic OH excluding ortho intramolecular Hbond substituents is 1. The molecule has 0 saturated heterocycles. The molecule has 0 fully saturated rings. The molecule has 0 aromatic heterocycles. The number of allylic oxidation sites excluding steroid dienone is 2. The molecule has 0 amide bonds. The highest BCUT2D eigenvalue weighted by molar-refractivity contribution is 6.07. The molecule has 0 atom stereocenters. The van der Waals surface area contributed by atoms with E-state index in [2.05, 4.69) is 6.58 Å². The van der Waals surface area contributed by atoms with E-state index in [1.54, 1.807) is 42.5 Å². The van der Waals surface area contributed by atoms with Crippen LogP contribution in [0.4, 0.5) is 5.69 Å². The zero-order valence-corrected chi connectivity index (χ0v) is 16.2. The Morgan fingerprint density at radius 2 is 1.93 bits per heavy atom. The lowest BCUT2D eigenvalue weighted by molar-refractivity contribution is 0.104. The van der Waals surface area contributed by atoms with Gasteiger partial charge in [-0.25, -0.2) is 0 Å². The van der Waals surface area contributed by atoms with Crippen LogP contribution in [0.1, 0.15) is 48.7 Å². The fourth-order valence-corrected chi connectivity index (χ4v) is 2.59. The predicted octanol–water partition coefficient (Wildman–Crippen LogP) is 5.12. The molecule has 4 heteroatoms. The van der Waals surface area contributed by atoms with Crippen LogP contribution in [0, 0.1) is 0 Å². The van der Waals surface area contributed by atoms with Crippen LogP contribution in [0.3, 0.4) is 0 Å². The standard InChI is InChI=1S/C23H27NO3/c1-5-13-27-22-15-21(26)19(23(3,4)6-2)14-17(22)9-12-20(25)16-7-10-18(24)11-8-16/h6-12,14-15,26H,2,5,13,24H2,1,3-4H3. The molecule has 142 valence electrons. The number of hydrogen-bond donors (Lipinski definition) is 2. The van der Waals surface area contributed by atoms with Crippen molar-refractivity contribution in [2.24, 2.45) is 0 Å². The van der Waals surface area contributed by atoms with Crippen molar-refractivity contribution in [3.8, 4) is 11.5 Å². The maximum atomic E-state index is 12.4. The SMILES string of the molecule is C=CC(C)(C)c1cc(C=CC(=O)c2ccc(N)cc2)c(OCCC)cc1O. The quantitative estimate of drug-likeness (QED) is 0.295. The van der Waals surface area contributed by atoms with E-state index in [4.69, 9.17) is 10.5 Å². The fourth-order valence-electron chi connectivity index (χ4n) is 2.59. The van der Waals surface area contributed by atoms with Gasteiger partial charge in [0.15, 0.2) is 5.78 Å². The van der Waals surface area contributed by atoms with E-state index in [1.807, 2.05) is 26.8 Å². The first kappa shape index (κ1) is 20.3. The summed E-state index contributed by atoms with van der Waals surface area (Å²) in [7, 11) is 0. The molecule has 0 aliphatic carbocycles. The van der Waals surface area contributed by atoms with Gasteiger partial charge in [-0.15, -0.1) is 6.58 Å². The van der Waals surface area contributed by atoms with Gasteiger partial charge in [-0.3, -0.25) is 4.79 Å². The van der Waals surface area contributed by atoms with Crippen molar-refractivity contribution in [2.75, 3.05) is 12.3 Å². The zero-order valence-electron chi connectivity index (χ0n) is 16.2. The van der Waals surface area contributed by atoms with Gasteiger partial charge in [-0.2, -0.15) is 0 Å². The maximum Gasteiger partial charge on any atom is 0.185 e. The number of carbonyl (C=O) groups excluding carboxylic acids is 1. The summed E-state index contributed by atoms with van der Waals surface area (Å²) in [6.07, 6.45) is 5.84. The van der Waals surface area contributed by atoms with E-state index < -0.39 is 5.41 Å². The van der Waals surface area contributed by atoms with Crippen molar-refractivity contribution in [3.05, 3.63) is 71.8 Å². The number of benzene rings is 2. The topological polar surface area (TPSA) is 72.6 Å². The van der Waals surface area contributed by atoms with Gasteiger partial charge >= 0.3 is 0 Å². The zero-order chi connectivity index (χ0) is 20.0. The van der Waals surface area contributed by atoms with Gasteiger partial charge in [0, 0.05) is 33.9 Å². The lowest BCUT2D eigenvalue weighted by Crippen LogP contribution is -2.13. The van der Waals surface area contributed by atoms with Gasteiger partial charge in [-0.1, -0.05) is 26.8 Å². The summed E-state index contributed by atoms with van der Waals surface area (Å²) in [4.78, 5) is 12.4. The summed E-state index contributed by atoms with van der Waals surface area (Å²) in [5.41, 5.74) is 7.87. The molecule has 0 saturated carbocycles. The molecule has 2 aromatic rings. The van der Waals surface area contributed by atoms with Crippen LogP contribution in [0.5, 0.6) is 11.5 Å². The first-order chi connectivity index (χ1) is 12.8. The molecule has 2 rings (SSSR count). The Morgan fingerprint density at radius 3 is 2.52 bits per heavy atom. The van der Waals surface area contributed by atoms with Crippen LogP contribution in [-0.4, -0.2) is 17.5 Å². The molecule has 0 bridgehead atoms. The van der Waals surface area contributed by atoms with Crippen LogP contribution in [-0.2, 0) is 5.41 Å². The van der Waals surface area contributed by atoms with Crippen LogP contribution >= 0.6 is 0 Å². The second-order valence-corrected chi connectivity index (χ2v) is 7.00. The molecular formula is C23H27NO3. The maximum absolute atomic E-state index is 12.4. The minimum absolute atomic E-state index is 0.131. The average Bonchev–Trinajstić information content (AvgIpc) is 2.65. The first-order valence-corrected chi connectivity index (χ1v) is 9.00. The second kappa shape index (κ2) is 8.58. The third-order valence-corrected chi connectivity index (χ3v) is 4.40. The largest absolute Gasteiger partial charge is 0.507 e. The molecule has 0 radical (unpaired) electrons. The average molecular weight is 365 g/mol. The molecule has 27 heavy (non-hydrogen) atoms. The first-order valence-electron chi connectivity index (χ1n) is 9.00. The van der Waals surface area contributed by atoms with Gasteiger partial charge in [-0.05, 0) is 48.9 Å². The highest BCUT2D eigenvalue weighted by Gasteiger charge is 2.22. The van der Waals surface area contributed by atoms with E-state index in [9.17, 15) is 9.90 Å². The monoisotopic (exact) mass is 365 g/mol. The Balaban J connectivity index is 2.42. The minimum atomic E-state index is -0.420. The van der Waals surface area contributed by atoms with Gasteiger partial charge in [0.1, 0.15) is 11.5 Å². The summed E-state index contributed by atoms with van der Waals surface area (Å²) in [5, 5.41) is 10.4. The number of hydrogen-bond acceptors (Lipinski definition) is 4.